The number of rotatable bonds is 10. The van der Waals surface area contributed by atoms with E-state index in [1.165, 1.54) is 24.3 Å². The van der Waals surface area contributed by atoms with Gasteiger partial charge in [0.25, 0.3) is 5.69 Å². The van der Waals surface area contributed by atoms with E-state index >= 15 is 0 Å². The summed E-state index contributed by atoms with van der Waals surface area (Å²) in [5.74, 6) is -3.28. The first-order chi connectivity index (χ1) is 12.6. The lowest BCUT2D eigenvalue weighted by Crippen LogP contribution is -2.46. The van der Waals surface area contributed by atoms with E-state index in [0.29, 0.717) is 5.56 Å². The third-order valence-electron chi connectivity index (χ3n) is 3.80. The molecule has 27 heavy (non-hydrogen) atoms. The van der Waals surface area contributed by atoms with Crippen molar-refractivity contribution in [2.24, 2.45) is 5.92 Å². The van der Waals surface area contributed by atoms with Crippen molar-refractivity contribution in [3.8, 4) is 0 Å². The molecule has 9 heteroatoms. The van der Waals surface area contributed by atoms with Crippen molar-refractivity contribution in [1.29, 1.82) is 0 Å². The lowest BCUT2D eigenvalue weighted by molar-refractivity contribution is -0.384. The van der Waals surface area contributed by atoms with Gasteiger partial charge in [-0.25, -0.2) is 4.79 Å². The van der Waals surface area contributed by atoms with Crippen molar-refractivity contribution in [3.63, 3.8) is 0 Å². The number of carbonyl (C=O) groups is 3. The van der Waals surface area contributed by atoms with Crippen LogP contribution >= 0.6 is 0 Å². The van der Waals surface area contributed by atoms with Gasteiger partial charge >= 0.3 is 11.9 Å². The fourth-order valence-electron chi connectivity index (χ4n) is 2.61. The number of nitro benzene ring substituents is 1. The van der Waals surface area contributed by atoms with Gasteiger partial charge in [-0.2, -0.15) is 0 Å². The maximum Gasteiger partial charge on any atom is 0.326 e. The van der Waals surface area contributed by atoms with Gasteiger partial charge in [0.15, 0.2) is 0 Å². The number of aliphatic carboxylic acids is 1. The number of nitrogens with zero attached hydrogens (tertiary/aromatic N) is 1. The molecule has 2 N–H and O–H groups in total. The van der Waals surface area contributed by atoms with Gasteiger partial charge in [0.1, 0.15) is 6.04 Å². The Morgan fingerprint density at radius 3 is 2.22 bits per heavy atom. The molecule has 0 bridgehead atoms. The van der Waals surface area contributed by atoms with Crippen molar-refractivity contribution in [1.82, 2.24) is 5.32 Å². The highest BCUT2D eigenvalue weighted by Crippen LogP contribution is 2.27. The summed E-state index contributed by atoms with van der Waals surface area (Å²) in [4.78, 5) is 46.0. The molecule has 0 spiro atoms. The fourth-order valence-corrected chi connectivity index (χ4v) is 2.61. The number of amides is 1. The second-order valence-corrected chi connectivity index (χ2v) is 6.45. The van der Waals surface area contributed by atoms with Crippen LogP contribution in [0, 0.1) is 16.0 Å². The lowest BCUT2D eigenvalue weighted by atomic mass is 9.88. The number of nitro groups is 1. The minimum atomic E-state index is -1.37. The molecule has 0 aliphatic carbocycles. The molecule has 0 aliphatic rings. The van der Waals surface area contributed by atoms with E-state index in [2.05, 4.69) is 5.32 Å². The van der Waals surface area contributed by atoms with Crippen molar-refractivity contribution in [2.75, 3.05) is 6.61 Å². The normalized spacial score (nSPS) is 12.9. The number of hydrogen-bond acceptors (Lipinski definition) is 6. The van der Waals surface area contributed by atoms with Crippen molar-refractivity contribution in [3.05, 3.63) is 39.9 Å². The monoisotopic (exact) mass is 380 g/mol. The molecule has 0 unspecified atom stereocenters. The standard InChI is InChI=1S/C18H24N2O7/c1-4-27-16(22)10-14(12-5-7-13(8-6-12)20(25)26)17(18(23)24)19-15(21)9-11(2)3/h5-8,11,14,17H,4,9-10H2,1-3H3,(H,19,21)(H,23,24)/t14-,17+/m1/s1. The highest BCUT2D eigenvalue weighted by atomic mass is 16.6. The second kappa shape index (κ2) is 10.2. The Labute approximate surface area is 156 Å². The van der Waals surface area contributed by atoms with Crippen molar-refractivity contribution < 1.29 is 29.2 Å². The number of non-ortho nitro benzene ring substituents is 1. The number of nitrogens with one attached hydrogen (secondary N) is 1. The van der Waals surface area contributed by atoms with E-state index in [4.69, 9.17) is 4.74 Å². The van der Waals surface area contributed by atoms with Gasteiger partial charge in [0.2, 0.25) is 5.91 Å². The molecular formula is C18H24N2O7. The van der Waals surface area contributed by atoms with E-state index in [-0.39, 0.29) is 31.1 Å². The van der Waals surface area contributed by atoms with Crippen LogP contribution in [0.1, 0.15) is 45.1 Å². The number of benzene rings is 1. The van der Waals surface area contributed by atoms with Crippen LogP contribution in [-0.2, 0) is 19.1 Å². The molecule has 1 amide bonds. The predicted molar refractivity (Wildman–Crippen MR) is 96.1 cm³/mol. The van der Waals surface area contributed by atoms with Crippen LogP contribution in [0.3, 0.4) is 0 Å². The number of carbonyl (C=O) groups excluding carboxylic acids is 2. The third kappa shape index (κ3) is 7.04. The quantitative estimate of drug-likeness (QED) is 0.361. The Balaban J connectivity index is 3.19. The van der Waals surface area contributed by atoms with E-state index in [0.717, 1.165) is 0 Å². The summed E-state index contributed by atoms with van der Waals surface area (Å²) in [6, 6.07) is 3.84. The van der Waals surface area contributed by atoms with E-state index < -0.39 is 34.7 Å². The predicted octanol–water partition coefficient (Wildman–Crippen LogP) is 2.25. The van der Waals surface area contributed by atoms with Crippen LogP contribution < -0.4 is 5.32 Å². The lowest BCUT2D eigenvalue weighted by Gasteiger charge is -2.25. The zero-order chi connectivity index (χ0) is 20.6. The van der Waals surface area contributed by atoms with E-state index in [1.54, 1.807) is 6.92 Å². The molecule has 0 heterocycles. The molecule has 0 fully saturated rings. The first-order valence-corrected chi connectivity index (χ1v) is 8.57. The number of esters is 1. The SMILES string of the molecule is CCOC(=O)C[C@H](c1ccc([N+](=O)[O-])cc1)[C@H](NC(=O)CC(C)C)C(=O)O. The number of carboxylic acid groups (broad SMARTS) is 1. The summed E-state index contributed by atoms with van der Waals surface area (Å²) in [6.07, 6.45) is -0.152. The Hall–Kier alpha value is -2.97. The molecule has 0 aliphatic heterocycles. The van der Waals surface area contributed by atoms with Gasteiger partial charge in [0, 0.05) is 24.5 Å². The van der Waals surface area contributed by atoms with Gasteiger partial charge in [0.05, 0.1) is 18.0 Å². The summed E-state index contributed by atoms with van der Waals surface area (Å²) in [5, 5.41) is 22.9. The molecule has 1 aromatic carbocycles. The Bertz CT molecular complexity index is 685. The van der Waals surface area contributed by atoms with E-state index in [1.807, 2.05) is 13.8 Å². The molecular weight excluding hydrogens is 356 g/mol. The summed E-state index contributed by atoms with van der Waals surface area (Å²) < 4.78 is 4.90. The van der Waals surface area contributed by atoms with Crippen LogP contribution in [0.25, 0.3) is 0 Å². The van der Waals surface area contributed by atoms with Crippen molar-refractivity contribution >= 4 is 23.5 Å². The third-order valence-corrected chi connectivity index (χ3v) is 3.80. The Morgan fingerprint density at radius 2 is 1.78 bits per heavy atom. The zero-order valence-corrected chi connectivity index (χ0v) is 15.5. The molecule has 148 valence electrons. The van der Waals surface area contributed by atoms with Gasteiger partial charge in [-0.1, -0.05) is 26.0 Å². The maximum absolute atomic E-state index is 12.1. The molecule has 0 aromatic heterocycles. The molecule has 2 atom stereocenters. The highest BCUT2D eigenvalue weighted by Gasteiger charge is 2.33. The number of hydrogen-bond donors (Lipinski definition) is 2. The van der Waals surface area contributed by atoms with Crippen LogP contribution in [-0.4, -0.2) is 40.5 Å². The first kappa shape index (κ1) is 22.1. The van der Waals surface area contributed by atoms with Gasteiger partial charge in [-0.3, -0.25) is 19.7 Å². The van der Waals surface area contributed by atoms with Crippen LogP contribution in [0.2, 0.25) is 0 Å². The molecule has 1 aromatic rings. The zero-order valence-electron chi connectivity index (χ0n) is 15.5. The average molecular weight is 380 g/mol. The Morgan fingerprint density at radius 1 is 1.19 bits per heavy atom. The Kier molecular flexibility index (Phi) is 8.37. The largest absolute Gasteiger partial charge is 0.480 e. The summed E-state index contributed by atoms with van der Waals surface area (Å²) >= 11 is 0. The average Bonchev–Trinajstić information content (AvgIpc) is 2.57. The fraction of sp³-hybridized carbons (Fsp3) is 0.500. The summed E-state index contributed by atoms with van der Waals surface area (Å²) in [5.41, 5.74) is 0.218. The minimum absolute atomic E-state index is 0.0299. The highest BCUT2D eigenvalue weighted by molar-refractivity contribution is 5.85. The summed E-state index contributed by atoms with van der Waals surface area (Å²) in [7, 11) is 0. The van der Waals surface area contributed by atoms with Gasteiger partial charge in [-0.15, -0.1) is 0 Å². The summed E-state index contributed by atoms with van der Waals surface area (Å²) in [6.45, 7) is 5.39. The van der Waals surface area contributed by atoms with Crippen LogP contribution in [0.4, 0.5) is 5.69 Å². The number of carboxylic acids is 1. The molecule has 1 rings (SSSR count). The topological polar surface area (TPSA) is 136 Å². The molecule has 0 radical (unpaired) electrons. The number of ether oxygens (including phenoxy) is 1. The van der Waals surface area contributed by atoms with Gasteiger partial charge in [-0.05, 0) is 18.4 Å². The van der Waals surface area contributed by atoms with Gasteiger partial charge < -0.3 is 15.2 Å². The van der Waals surface area contributed by atoms with Crippen LogP contribution in [0.15, 0.2) is 24.3 Å². The van der Waals surface area contributed by atoms with Crippen LogP contribution in [0.5, 0.6) is 0 Å². The second-order valence-electron chi connectivity index (χ2n) is 6.45. The van der Waals surface area contributed by atoms with E-state index in [9.17, 15) is 29.6 Å². The first-order valence-electron chi connectivity index (χ1n) is 8.57. The molecule has 0 saturated carbocycles. The van der Waals surface area contributed by atoms with Crippen molar-refractivity contribution in [2.45, 2.75) is 45.6 Å². The molecule has 0 saturated heterocycles. The smallest absolute Gasteiger partial charge is 0.326 e. The maximum atomic E-state index is 12.1. The molecule has 9 nitrogen and oxygen atoms in total. The minimum Gasteiger partial charge on any atom is -0.480 e.